The van der Waals surface area contributed by atoms with Gasteiger partial charge in [0.15, 0.2) is 0 Å². The number of halogens is 3. The van der Waals surface area contributed by atoms with Gasteiger partial charge in [-0.05, 0) is 24.1 Å². The second-order valence-electron chi connectivity index (χ2n) is 7.85. The Morgan fingerprint density at radius 1 is 1.02 bits per heavy atom. The molecule has 0 aliphatic carbocycles. The minimum absolute atomic E-state index is 0. The maximum absolute atomic E-state index is 14.0. The third-order valence-electron chi connectivity index (χ3n) is 5.48. The Balaban J connectivity index is -0.000000571. The Morgan fingerprint density at radius 2 is 1.57 bits per heavy atom. The first-order valence-corrected chi connectivity index (χ1v) is 13.5. The summed E-state index contributed by atoms with van der Waals surface area (Å²) in [4.78, 5) is 4.14. The standard InChI is InChI=1S/C14H15F2N2.C14H16F.2C2H6.C2H5.Y/c1-4-9(2)11-7-10(15)8-12(16)13(11)14-17-5-6-18(14)3;1-4-11(2)14(12(3)10-15)13-8-6-5-7-9-13;3*1-2;/h5-8H,4H2,1-3H3;4-9H,1,10H2,2-3H3;2*1-2H3;1H2,2H3;/q2*-1;;;-1;+3/b;11-4-,14-12+;;;;. The molecule has 0 unspecified atom stereocenters. The molecule has 0 amide bonds. The van der Waals surface area contributed by atoms with Crippen LogP contribution in [0.5, 0.6) is 0 Å². The van der Waals surface area contributed by atoms with Gasteiger partial charge < -0.3 is 11.5 Å². The Hall–Kier alpha value is -2.24. The van der Waals surface area contributed by atoms with Gasteiger partial charge in [-0.2, -0.15) is 24.0 Å². The molecule has 2 aromatic carbocycles. The fourth-order valence-corrected chi connectivity index (χ4v) is 3.52. The summed E-state index contributed by atoms with van der Waals surface area (Å²) in [6.07, 6.45) is 5.84. The van der Waals surface area contributed by atoms with Gasteiger partial charge in [0.2, 0.25) is 0 Å². The van der Waals surface area contributed by atoms with Gasteiger partial charge in [-0.3, -0.25) is 4.98 Å². The van der Waals surface area contributed by atoms with E-state index in [1.165, 1.54) is 6.07 Å². The van der Waals surface area contributed by atoms with Crippen molar-refractivity contribution in [3.63, 3.8) is 0 Å². The summed E-state index contributed by atoms with van der Waals surface area (Å²) >= 11 is 0. The Kier molecular flexibility index (Phi) is 25.9. The van der Waals surface area contributed by atoms with Gasteiger partial charge in [-0.15, -0.1) is 13.0 Å². The predicted octanol–water partition coefficient (Wildman–Crippen LogP) is 10.8. The van der Waals surface area contributed by atoms with Crippen LogP contribution in [-0.4, -0.2) is 16.2 Å². The Labute approximate surface area is 268 Å². The quantitative estimate of drug-likeness (QED) is 0.196. The molecule has 0 radical (unpaired) electrons. The maximum atomic E-state index is 14.0. The van der Waals surface area contributed by atoms with Crippen molar-refractivity contribution < 1.29 is 45.9 Å². The number of rotatable bonds is 6. The first-order chi connectivity index (χ1) is 18.7. The zero-order valence-corrected chi connectivity index (χ0v) is 29.0. The van der Waals surface area contributed by atoms with Crippen LogP contribution >= 0.6 is 0 Å². The van der Waals surface area contributed by atoms with E-state index < -0.39 is 18.3 Å². The molecule has 0 N–H and O–H groups in total. The fourth-order valence-electron chi connectivity index (χ4n) is 3.52. The number of benzene rings is 2. The van der Waals surface area contributed by atoms with Gasteiger partial charge in [-0.25, -0.2) is 26.2 Å². The molecule has 1 heterocycles. The van der Waals surface area contributed by atoms with Gasteiger partial charge in [0.1, 0.15) is 6.67 Å². The Bertz CT molecular complexity index is 1120. The minimum Gasteiger partial charge on any atom is -0.346 e. The summed E-state index contributed by atoms with van der Waals surface area (Å²) in [5.41, 5.74) is 4.72. The summed E-state index contributed by atoms with van der Waals surface area (Å²) in [6, 6.07) is 12.1. The molecule has 3 rings (SSSR count). The molecule has 0 saturated heterocycles. The molecule has 0 fully saturated rings. The molecule has 2 nitrogen and oxygen atoms in total. The molecule has 0 bridgehead atoms. The minimum atomic E-state index is -0.577. The van der Waals surface area contributed by atoms with Crippen molar-refractivity contribution in [2.75, 3.05) is 6.67 Å². The summed E-state index contributed by atoms with van der Waals surface area (Å²) < 4.78 is 41.8. The predicted molar refractivity (Wildman–Crippen MR) is 165 cm³/mol. The van der Waals surface area contributed by atoms with E-state index in [2.05, 4.69) is 18.8 Å². The third-order valence-corrected chi connectivity index (χ3v) is 5.48. The van der Waals surface area contributed by atoms with Crippen molar-refractivity contribution in [1.29, 1.82) is 0 Å². The molecule has 0 spiro atoms. The topological polar surface area (TPSA) is 17.8 Å². The molecular formula is C34H48F3N2Y. The first kappa shape index (κ1) is 42.2. The summed E-state index contributed by atoms with van der Waals surface area (Å²) in [5.74, 6) is 0.307. The maximum Gasteiger partial charge on any atom is 3.00 e. The largest absolute Gasteiger partial charge is 3.00 e. The number of aryl methyl sites for hydroxylation is 1. The van der Waals surface area contributed by atoms with E-state index in [4.69, 9.17) is 0 Å². The van der Waals surface area contributed by atoms with Crippen molar-refractivity contribution in [1.82, 2.24) is 9.55 Å². The van der Waals surface area contributed by atoms with Gasteiger partial charge in [0, 0.05) is 19.4 Å². The van der Waals surface area contributed by atoms with Gasteiger partial charge in [-0.1, -0.05) is 89.4 Å². The molecule has 3 aromatic rings. The molecule has 0 saturated carbocycles. The van der Waals surface area contributed by atoms with E-state index in [0.29, 0.717) is 17.0 Å². The van der Waals surface area contributed by atoms with E-state index in [1.54, 1.807) is 37.0 Å². The monoisotopic (exact) mass is 630 g/mol. The van der Waals surface area contributed by atoms with Crippen LogP contribution < -0.4 is 0 Å². The van der Waals surface area contributed by atoms with Crippen molar-refractivity contribution in [2.24, 2.45) is 7.05 Å². The van der Waals surface area contributed by atoms with Crippen LogP contribution in [-0.2, 0) is 39.8 Å². The second kappa shape index (κ2) is 24.6. The zero-order valence-electron chi connectivity index (χ0n) is 26.2. The van der Waals surface area contributed by atoms with E-state index >= 15 is 0 Å². The fraction of sp³-hybridized carbons (Fsp3) is 0.353. The van der Waals surface area contributed by atoms with Gasteiger partial charge >= 0.3 is 32.7 Å². The molecule has 40 heavy (non-hydrogen) atoms. The normalized spacial score (nSPS) is 10.4. The third kappa shape index (κ3) is 13.0. The summed E-state index contributed by atoms with van der Waals surface area (Å²) in [6.45, 7) is 23.9. The average molecular weight is 631 g/mol. The number of hydrogen-bond acceptors (Lipinski definition) is 1. The molecule has 1 aromatic heterocycles. The number of aromatic nitrogens is 2. The molecule has 218 valence electrons. The zero-order chi connectivity index (χ0) is 30.5. The van der Waals surface area contributed by atoms with Crippen molar-refractivity contribution in [3.8, 4) is 11.4 Å². The molecule has 0 atom stereocenters. The number of hydrogen-bond donors (Lipinski definition) is 0. The first-order valence-electron chi connectivity index (χ1n) is 13.5. The SMILES string of the molecule is CC.CC.CC[C-](C)c1cc(F)cc(F)c1-c1nccn1C.[CH2-]/C=C(C)\C(=C(\C)CF)c1ccccc1.[CH2-]C.[Y+3]. The number of imidazole rings is 1. The van der Waals surface area contributed by atoms with Crippen LogP contribution in [0.25, 0.3) is 17.0 Å². The van der Waals surface area contributed by atoms with Crippen molar-refractivity contribution in [3.05, 3.63) is 115 Å². The van der Waals surface area contributed by atoms with E-state index in [9.17, 15) is 13.2 Å². The van der Waals surface area contributed by atoms with Gasteiger partial charge in [0.25, 0.3) is 0 Å². The number of nitrogens with zero attached hydrogens (tertiary/aromatic N) is 2. The van der Waals surface area contributed by atoms with Crippen LogP contribution in [0.2, 0.25) is 0 Å². The van der Waals surface area contributed by atoms with Gasteiger partial charge in [0.05, 0.1) is 17.5 Å². The van der Waals surface area contributed by atoms with Crippen molar-refractivity contribution >= 4 is 5.57 Å². The summed E-state index contributed by atoms with van der Waals surface area (Å²) in [5, 5.41) is 0. The van der Waals surface area contributed by atoms with E-state index in [1.807, 2.05) is 85.7 Å². The average Bonchev–Trinajstić information content (AvgIpc) is 3.41. The van der Waals surface area contributed by atoms with Crippen LogP contribution in [0.4, 0.5) is 13.2 Å². The van der Waals surface area contributed by atoms with E-state index in [-0.39, 0.29) is 32.7 Å². The molecule has 0 aliphatic heterocycles. The molecule has 0 aliphatic rings. The summed E-state index contributed by atoms with van der Waals surface area (Å²) in [7, 11) is 1.79. The van der Waals surface area contributed by atoms with Crippen LogP contribution in [0.3, 0.4) is 0 Å². The number of allylic oxidation sites excluding steroid dienone is 4. The van der Waals surface area contributed by atoms with Crippen LogP contribution in [0, 0.1) is 31.4 Å². The van der Waals surface area contributed by atoms with Crippen molar-refractivity contribution in [2.45, 2.75) is 68.7 Å². The second-order valence-corrected chi connectivity index (χ2v) is 7.85. The van der Waals surface area contributed by atoms with Crippen LogP contribution in [0.15, 0.2) is 72.1 Å². The number of alkyl halides is 1. The molecular weight excluding hydrogens is 582 g/mol. The van der Waals surface area contributed by atoms with E-state index in [0.717, 1.165) is 40.7 Å². The van der Waals surface area contributed by atoms with Crippen LogP contribution in [0.1, 0.15) is 79.9 Å². The Morgan fingerprint density at radius 3 is 2.00 bits per heavy atom. The smallest absolute Gasteiger partial charge is 0.346 e. The molecule has 6 heteroatoms.